The largest absolute Gasteiger partial charge is 0.504 e. The molecule has 11 heteroatoms. The molecule has 0 aliphatic heterocycles. The molecule has 0 unspecified atom stereocenters. The average Bonchev–Trinajstić information content (AvgIpc) is 2.51. The minimum absolute atomic E-state index is 0.0532. The van der Waals surface area contributed by atoms with Crippen LogP contribution in [0.5, 0.6) is 23.0 Å². The lowest BCUT2D eigenvalue weighted by Gasteiger charge is -2.18. The van der Waals surface area contributed by atoms with E-state index in [1.807, 2.05) is 0 Å². The Morgan fingerprint density at radius 1 is 0.667 bits per heavy atom. The van der Waals surface area contributed by atoms with Gasteiger partial charge in [-0.15, -0.1) is 0 Å². The van der Waals surface area contributed by atoms with Gasteiger partial charge in [0.1, 0.15) is 0 Å². The molecule has 0 radical (unpaired) electrons. The molecular weight excluding hydrogens is 362 g/mol. The molecule has 0 saturated heterocycles. The fourth-order valence-corrected chi connectivity index (χ4v) is 4.90. The molecule has 0 atom stereocenters. The monoisotopic (exact) mass is 375 g/mol. The van der Waals surface area contributed by atoms with Crippen LogP contribution in [0, 0.1) is 0 Å². The van der Waals surface area contributed by atoms with Gasteiger partial charge >= 0.3 is 0 Å². The van der Waals surface area contributed by atoms with Gasteiger partial charge in [0.05, 0.1) is 9.79 Å². The Labute approximate surface area is 137 Å². The van der Waals surface area contributed by atoms with Crippen LogP contribution in [0.3, 0.4) is 0 Å². The van der Waals surface area contributed by atoms with Crippen LogP contribution in [0.2, 0.25) is 0 Å². The highest BCUT2D eigenvalue weighted by molar-refractivity contribution is 8.04. The van der Waals surface area contributed by atoms with Gasteiger partial charge in [-0.2, -0.15) is 0 Å². The van der Waals surface area contributed by atoms with Crippen molar-refractivity contribution < 1.29 is 37.3 Å². The van der Waals surface area contributed by atoms with E-state index in [0.29, 0.717) is 12.1 Å². The van der Waals surface area contributed by atoms with Crippen molar-refractivity contribution >= 4 is 20.0 Å². The maximum atomic E-state index is 12.4. The Bertz CT molecular complexity index is 917. The van der Waals surface area contributed by atoms with E-state index in [0.717, 1.165) is 31.3 Å². The van der Waals surface area contributed by atoms with E-state index in [1.54, 1.807) is 0 Å². The van der Waals surface area contributed by atoms with E-state index < -0.39 is 52.8 Å². The number of phenols is 4. The molecular formula is C13H13NO8S2. The summed E-state index contributed by atoms with van der Waals surface area (Å²) in [7, 11) is -8.38. The molecule has 0 aromatic heterocycles. The first kappa shape index (κ1) is 17.8. The van der Waals surface area contributed by atoms with Crippen LogP contribution in [0.25, 0.3) is 0 Å². The molecule has 0 bridgehead atoms. The molecule has 0 spiro atoms. The fraction of sp³-hybridized carbons (Fsp3) is 0.0769. The normalized spacial score (nSPS) is 12.4. The van der Waals surface area contributed by atoms with Crippen LogP contribution < -0.4 is 0 Å². The molecule has 0 heterocycles. The Balaban J connectivity index is 2.53. The summed E-state index contributed by atoms with van der Waals surface area (Å²) in [5.41, 5.74) is 0. The van der Waals surface area contributed by atoms with E-state index in [4.69, 9.17) is 0 Å². The van der Waals surface area contributed by atoms with E-state index >= 15 is 0 Å². The van der Waals surface area contributed by atoms with E-state index in [9.17, 15) is 37.3 Å². The van der Waals surface area contributed by atoms with Crippen LogP contribution in [0.4, 0.5) is 0 Å². The maximum Gasteiger partial charge on any atom is 0.256 e. The van der Waals surface area contributed by atoms with Crippen molar-refractivity contribution in [2.24, 2.45) is 0 Å². The summed E-state index contributed by atoms with van der Waals surface area (Å²) in [6.45, 7) is 0. The molecule has 0 aliphatic rings. The van der Waals surface area contributed by atoms with Crippen LogP contribution in [-0.2, 0) is 20.0 Å². The first-order valence-corrected chi connectivity index (χ1v) is 9.14. The number of phenolic OH excluding ortho intramolecular Hbond substituents is 4. The minimum atomic E-state index is -4.58. The summed E-state index contributed by atoms with van der Waals surface area (Å²) in [5, 5.41) is 37.2. The van der Waals surface area contributed by atoms with Crippen LogP contribution in [-0.4, -0.2) is 48.0 Å². The molecule has 24 heavy (non-hydrogen) atoms. The first-order chi connectivity index (χ1) is 11.0. The number of sulfonamides is 2. The highest BCUT2D eigenvalue weighted by atomic mass is 32.3. The van der Waals surface area contributed by atoms with Crippen LogP contribution >= 0.6 is 0 Å². The summed E-state index contributed by atoms with van der Waals surface area (Å²) < 4.78 is 49.7. The van der Waals surface area contributed by atoms with Crippen LogP contribution in [0.1, 0.15) is 0 Å². The third kappa shape index (κ3) is 2.96. The molecule has 2 aromatic rings. The topological polar surface area (TPSA) is 152 Å². The van der Waals surface area contributed by atoms with Gasteiger partial charge in [-0.05, 0) is 24.3 Å². The molecule has 0 fully saturated rings. The SMILES string of the molecule is CN(S(=O)(=O)c1ccc(O)c(O)c1)S(=O)(=O)c1ccc(O)c(O)c1. The second-order valence-corrected chi connectivity index (χ2v) is 8.86. The lowest BCUT2D eigenvalue weighted by Crippen LogP contribution is -2.33. The Hall–Kier alpha value is -2.50. The number of hydrogen-bond donors (Lipinski definition) is 4. The summed E-state index contributed by atoms with van der Waals surface area (Å²) >= 11 is 0. The molecule has 4 N–H and O–H groups in total. The van der Waals surface area contributed by atoms with Crippen molar-refractivity contribution in [3.8, 4) is 23.0 Å². The molecule has 2 aromatic carbocycles. The number of benzene rings is 2. The van der Waals surface area contributed by atoms with Gasteiger partial charge in [-0.1, -0.05) is 3.71 Å². The van der Waals surface area contributed by atoms with Gasteiger partial charge in [0.15, 0.2) is 23.0 Å². The lowest BCUT2D eigenvalue weighted by atomic mass is 10.3. The lowest BCUT2D eigenvalue weighted by molar-refractivity contribution is 0.401. The smallest absolute Gasteiger partial charge is 0.256 e. The van der Waals surface area contributed by atoms with Crippen molar-refractivity contribution in [1.29, 1.82) is 0 Å². The zero-order valence-corrected chi connectivity index (χ0v) is 13.8. The molecule has 2 rings (SSSR count). The highest BCUT2D eigenvalue weighted by Gasteiger charge is 2.34. The Morgan fingerprint density at radius 3 is 1.29 bits per heavy atom. The van der Waals surface area contributed by atoms with Crippen molar-refractivity contribution in [1.82, 2.24) is 3.71 Å². The molecule has 130 valence electrons. The number of rotatable bonds is 4. The summed E-state index contributed by atoms with van der Waals surface area (Å²) in [5.74, 6) is -2.60. The molecule has 0 amide bonds. The predicted octanol–water partition coefficient (Wildman–Crippen LogP) is 0.518. The van der Waals surface area contributed by atoms with Crippen molar-refractivity contribution in [2.75, 3.05) is 7.05 Å². The fourth-order valence-electron chi connectivity index (χ4n) is 1.75. The van der Waals surface area contributed by atoms with Gasteiger partial charge in [-0.25, -0.2) is 16.8 Å². The summed E-state index contributed by atoms with van der Waals surface area (Å²) in [4.78, 5) is -1.13. The zero-order chi connectivity index (χ0) is 18.3. The van der Waals surface area contributed by atoms with Crippen LogP contribution in [0.15, 0.2) is 46.2 Å². The van der Waals surface area contributed by atoms with Crippen molar-refractivity contribution in [3.05, 3.63) is 36.4 Å². The van der Waals surface area contributed by atoms with E-state index in [2.05, 4.69) is 0 Å². The van der Waals surface area contributed by atoms with Gasteiger partial charge in [0, 0.05) is 19.2 Å². The standard InChI is InChI=1S/C13H13NO8S2/c1-14(23(19,20)8-2-4-10(15)12(17)6-8)24(21,22)9-3-5-11(16)13(18)7-9/h2-7,15-18H,1H3. The van der Waals surface area contributed by atoms with Crippen molar-refractivity contribution in [2.45, 2.75) is 9.79 Å². The number of aromatic hydroxyl groups is 4. The number of nitrogens with zero attached hydrogens (tertiary/aromatic N) is 1. The van der Waals surface area contributed by atoms with E-state index in [-0.39, 0.29) is 3.71 Å². The maximum absolute atomic E-state index is 12.4. The second-order valence-electron chi connectivity index (χ2n) is 4.69. The molecule has 0 saturated carbocycles. The van der Waals surface area contributed by atoms with Gasteiger partial charge < -0.3 is 20.4 Å². The second kappa shape index (κ2) is 5.85. The first-order valence-electron chi connectivity index (χ1n) is 6.26. The van der Waals surface area contributed by atoms with Gasteiger partial charge in [0.2, 0.25) is 0 Å². The third-order valence-corrected chi connectivity index (χ3v) is 7.40. The number of hydrogen-bond acceptors (Lipinski definition) is 8. The molecule has 9 nitrogen and oxygen atoms in total. The third-order valence-electron chi connectivity index (χ3n) is 3.17. The molecule has 0 aliphatic carbocycles. The van der Waals surface area contributed by atoms with Crippen molar-refractivity contribution in [3.63, 3.8) is 0 Å². The summed E-state index contributed by atoms with van der Waals surface area (Å²) in [6, 6.07) is 5.04. The Kier molecular flexibility index (Phi) is 4.35. The van der Waals surface area contributed by atoms with Gasteiger partial charge in [0.25, 0.3) is 20.0 Å². The zero-order valence-electron chi connectivity index (χ0n) is 12.1. The predicted molar refractivity (Wildman–Crippen MR) is 81.7 cm³/mol. The summed E-state index contributed by atoms with van der Waals surface area (Å²) in [6.07, 6.45) is 0. The average molecular weight is 375 g/mol. The van der Waals surface area contributed by atoms with Gasteiger partial charge in [-0.3, -0.25) is 0 Å². The van der Waals surface area contributed by atoms with E-state index in [1.165, 1.54) is 0 Å². The highest BCUT2D eigenvalue weighted by Crippen LogP contribution is 2.32. The minimum Gasteiger partial charge on any atom is -0.504 e. The Morgan fingerprint density at radius 2 is 1.00 bits per heavy atom. The quantitative estimate of drug-likeness (QED) is 0.564.